The molecule has 0 aromatic heterocycles. The van der Waals surface area contributed by atoms with E-state index in [1.54, 1.807) is 23.1 Å². The molecular formula is C24H28Cl2N2O6S. The Bertz CT molecular complexity index is 1070. The Morgan fingerprint density at radius 1 is 1.20 bits per heavy atom. The Hall–Kier alpha value is -2.01. The number of likely N-dealkylation sites (tertiary alicyclic amines) is 1. The molecule has 1 fully saturated rings. The van der Waals surface area contributed by atoms with Crippen LogP contribution in [0.15, 0.2) is 48.5 Å². The maximum Gasteiger partial charge on any atom is 0.319 e. The molecule has 1 amide bonds. The Morgan fingerprint density at radius 2 is 1.89 bits per heavy atom. The van der Waals surface area contributed by atoms with Crippen molar-refractivity contribution in [2.75, 3.05) is 13.6 Å². The summed E-state index contributed by atoms with van der Waals surface area (Å²) in [6.45, 7) is 2.04. The quantitative estimate of drug-likeness (QED) is 0.324. The molecule has 190 valence electrons. The summed E-state index contributed by atoms with van der Waals surface area (Å²) in [4.78, 5) is 27.2. The van der Waals surface area contributed by atoms with E-state index in [1.165, 1.54) is 12.1 Å². The summed E-state index contributed by atoms with van der Waals surface area (Å²) in [6, 6.07) is 13.7. The Balaban J connectivity index is 2.14. The molecule has 1 aliphatic rings. The van der Waals surface area contributed by atoms with Gasteiger partial charge in [-0.15, -0.1) is 0 Å². The van der Waals surface area contributed by atoms with E-state index in [4.69, 9.17) is 32.0 Å². The van der Waals surface area contributed by atoms with Crippen LogP contribution in [0.3, 0.4) is 0 Å². The average Bonchev–Trinajstić information content (AvgIpc) is 2.78. The van der Waals surface area contributed by atoms with Crippen LogP contribution < -0.4 is 0 Å². The Kier molecular flexibility index (Phi) is 9.69. The summed E-state index contributed by atoms with van der Waals surface area (Å²) in [7, 11) is 1.51. The second-order valence-electron chi connectivity index (χ2n) is 8.60. The number of benzene rings is 2. The number of carboxylic acid groups (broad SMARTS) is 1. The van der Waals surface area contributed by atoms with Gasteiger partial charge in [0.1, 0.15) is 0 Å². The lowest BCUT2D eigenvalue weighted by Gasteiger charge is -2.48. The van der Waals surface area contributed by atoms with E-state index in [-0.39, 0.29) is 24.8 Å². The molecule has 1 saturated heterocycles. The van der Waals surface area contributed by atoms with Crippen molar-refractivity contribution in [1.29, 1.82) is 0 Å². The Labute approximate surface area is 217 Å². The minimum atomic E-state index is -2.51. The summed E-state index contributed by atoms with van der Waals surface area (Å²) < 4.78 is 25.2. The van der Waals surface area contributed by atoms with Crippen LogP contribution in [0.25, 0.3) is 0 Å². The fourth-order valence-corrected chi connectivity index (χ4v) is 5.43. The van der Waals surface area contributed by atoms with Crippen molar-refractivity contribution in [1.82, 2.24) is 9.96 Å². The molecule has 0 spiro atoms. The number of carbonyl (C=O) groups is 2. The molecule has 5 atom stereocenters. The van der Waals surface area contributed by atoms with Gasteiger partial charge in [0, 0.05) is 41.5 Å². The third-order valence-corrected chi connectivity index (χ3v) is 7.12. The minimum absolute atomic E-state index is 0.140. The molecule has 2 N–H and O–H groups in total. The number of carbonyl (C=O) groups excluding carboxylic acids is 1. The van der Waals surface area contributed by atoms with Crippen LogP contribution in [0.4, 0.5) is 0 Å². The predicted octanol–water partition coefficient (Wildman–Crippen LogP) is 4.92. The minimum Gasteiger partial charge on any atom is -0.481 e. The molecule has 8 nitrogen and oxygen atoms in total. The van der Waals surface area contributed by atoms with E-state index in [0.29, 0.717) is 22.9 Å². The van der Waals surface area contributed by atoms with Crippen LogP contribution in [-0.4, -0.2) is 55.3 Å². The number of hydroxylamine groups is 2. The number of rotatable bonds is 10. The first-order chi connectivity index (χ1) is 16.6. The molecule has 0 radical (unpaired) electrons. The molecular weight excluding hydrogens is 515 g/mol. The van der Waals surface area contributed by atoms with Crippen LogP contribution in [0, 0.1) is 5.92 Å². The lowest BCUT2D eigenvalue weighted by atomic mass is 9.74. The average molecular weight is 543 g/mol. The molecule has 0 saturated carbocycles. The number of amides is 1. The fraction of sp³-hybridized carbons (Fsp3) is 0.417. The van der Waals surface area contributed by atoms with Crippen molar-refractivity contribution in [3.05, 3.63) is 69.7 Å². The van der Waals surface area contributed by atoms with Gasteiger partial charge in [-0.3, -0.25) is 14.1 Å². The summed E-state index contributed by atoms with van der Waals surface area (Å²) >= 11 is 9.93. The number of halogens is 2. The van der Waals surface area contributed by atoms with Crippen molar-refractivity contribution in [2.24, 2.45) is 5.92 Å². The molecule has 1 heterocycles. The lowest BCUT2D eigenvalue weighted by molar-refractivity contribution is -0.154. The largest absolute Gasteiger partial charge is 0.481 e. The number of hydrogen-bond donors (Lipinski definition) is 2. The van der Waals surface area contributed by atoms with E-state index in [0.717, 1.165) is 11.1 Å². The molecule has 11 heteroatoms. The van der Waals surface area contributed by atoms with E-state index in [9.17, 15) is 18.9 Å². The highest BCUT2D eigenvalue weighted by Gasteiger charge is 2.46. The SMILES string of the molecule is CCC(CN(C)OS(=O)O)N1C(=O)C(CC(=O)O)CC(c2cccc(Cl)c2)C1c1ccc(Cl)cc1. The second-order valence-corrected chi connectivity index (χ2v) is 10.1. The summed E-state index contributed by atoms with van der Waals surface area (Å²) in [6.07, 6.45) is 0.533. The third-order valence-electron chi connectivity index (χ3n) is 6.26. The van der Waals surface area contributed by atoms with Gasteiger partial charge in [0.25, 0.3) is 0 Å². The molecule has 1 aliphatic heterocycles. The smallest absolute Gasteiger partial charge is 0.319 e. The maximum atomic E-state index is 13.8. The van der Waals surface area contributed by atoms with Gasteiger partial charge in [0.2, 0.25) is 5.91 Å². The summed E-state index contributed by atoms with van der Waals surface area (Å²) in [5.41, 5.74) is 1.73. The van der Waals surface area contributed by atoms with Crippen LogP contribution in [0.5, 0.6) is 0 Å². The predicted molar refractivity (Wildman–Crippen MR) is 134 cm³/mol. The highest BCUT2D eigenvalue weighted by Crippen LogP contribution is 2.47. The van der Waals surface area contributed by atoms with Gasteiger partial charge in [-0.2, -0.15) is 13.6 Å². The lowest BCUT2D eigenvalue weighted by Crippen LogP contribution is -2.54. The number of carboxylic acids is 1. The highest BCUT2D eigenvalue weighted by atomic mass is 35.5. The van der Waals surface area contributed by atoms with Gasteiger partial charge in [-0.05, 0) is 48.2 Å². The third kappa shape index (κ3) is 7.03. The topological polar surface area (TPSA) is 107 Å². The van der Waals surface area contributed by atoms with Crippen LogP contribution in [0.2, 0.25) is 10.0 Å². The standard InChI is InChI=1S/C24H28Cl2N2O6S/c1-3-20(14-27(2)34-35(32)33)28-23(15-7-9-18(25)10-8-15)21(16-5-4-6-19(26)11-16)12-17(24(28)31)13-22(29)30/h4-11,17,20-21,23H,3,12-14H2,1-2H3,(H,29,30)(H,32,33). The summed E-state index contributed by atoms with van der Waals surface area (Å²) in [5.74, 6) is -2.32. The molecule has 3 rings (SSSR count). The normalized spacial score (nSPS) is 22.3. The first-order valence-corrected chi connectivity index (χ1v) is 12.9. The first kappa shape index (κ1) is 27.6. The molecule has 0 bridgehead atoms. The Morgan fingerprint density at radius 3 is 2.46 bits per heavy atom. The van der Waals surface area contributed by atoms with Crippen molar-refractivity contribution in [2.45, 2.75) is 44.2 Å². The van der Waals surface area contributed by atoms with Gasteiger partial charge in [0.15, 0.2) is 0 Å². The summed E-state index contributed by atoms with van der Waals surface area (Å²) in [5, 5.41) is 11.8. The monoisotopic (exact) mass is 542 g/mol. The first-order valence-electron chi connectivity index (χ1n) is 11.2. The zero-order valence-electron chi connectivity index (χ0n) is 19.3. The van der Waals surface area contributed by atoms with Crippen molar-refractivity contribution < 1.29 is 27.7 Å². The van der Waals surface area contributed by atoms with Gasteiger partial charge in [-0.25, -0.2) is 0 Å². The van der Waals surface area contributed by atoms with Crippen LogP contribution >= 0.6 is 23.2 Å². The zero-order chi connectivity index (χ0) is 25.7. The van der Waals surface area contributed by atoms with E-state index < -0.39 is 35.3 Å². The second kappa shape index (κ2) is 12.3. The van der Waals surface area contributed by atoms with Gasteiger partial charge in [-0.1, -0.05) is 54.4 Å². The van der Waals surface area contributed by atoms with Crippen molar-refractivity contribution in [3.8, 4) is 0 Å². The highest BCUT2D eigenvalue weighted by molar-refractivity contribution is 7.74. The van der Waals surface area contributed by atoms with E-state index in [1.807, 2.05) is 37.3 Å². The number of piperidine rings is 1. The van der Waals surface area contributed by atoms with Crippen molar-refractivity contribution in [3.63, 3.8) is 0 Å². The van der Waals surface area contributed by atoms with Crippen molar-refractivity contribution >= 4 is 46.4 Å². The van der Waals surface area contributed by atoms with Gasteiger partial charge in [0.05, 0.1) is 12.5 Å². The molecule has 2 aromatic carbocycles. The number of likely N-dealkylation sites (N-methyl/N-ethyl adjacent to an activating group) is 1. The fourth-order valence-electron chi connectivity index (χ4n) is 4.82. The number of hydrogen-bond acceptors (Lipinski definition) is 5. The van der Waals surface area contributed by atoms with Gasteiger partial charge >= 0.3 is 17.3 Å². The molecule has 0 aliphatic carbocycles. The molecule has 5 unspecified atom stereocenters. The van der Waals surface area contributed by atoms with E-state index >= 15 is 0 Å². The molecule has 2 aromatic rings. The zero-order valence-corrected chi connectivity index (χ0v) is 21.7. The van der Waals surface area contributed by atoms with E-state index in [2.05, 4.69) is 0 Å². The van der Waals surface area contributed by atoms with Gasteiger partial charge < -0.3 is 10.0 Å². The number of aliphatic carboxylic acids is 1. The van der Waals surface area contributed by atoms with Crippen LogP contribution in [-0.2, 0) is 25.2 Å². The maximum absolute atomic E-state index is 13.8. The number of nitrogens with zero attached hydrogens (tertiary/aromatic N) is 2. The van der Waals surface area contributed by atoms with Crippen LogP contribution in [0.1, 0.15) is 49.3 Å². The molecule has 35 heavy (non-hydrogen) atoms.